The lowest BCUT2D eigenvalue weighted by Gasteiger charge is -2.24. The molecule has 0 radical (unpaired) electrons. The topological polar surface area (TPSA) is 57.4 Å². The Hall–Kier alpha value is -1.78. The van der Waals surface area contributed by atoms with E-state index in [1.54, 1.807) is 18.2 Å². The molecule has 2 heterocycles. The number of aliphatic imine (C=N–C) groups is 3. The highest BCUT2D eigenvalue weighted by atomic mass is 16.1. The molecule has 0 aliphatic carbocycles. The smallest absolute Gasteiger partial charge is 0.232 e. The van der Waals surface area contributed by atoms with E-state index in [-0.39, 0.29) is 0 Å². The normalized spacial score (nSPS) is 20.1. The molecule has 0 saturated carbocycles. The van der Waals surface area contributed by atoms with Crippen molar-refractivity contribution in [3.05, 3.63) is 11.3 Å². The lowest BCUT2D eigenvalue weighted by Crippen LogP contribution is -2.35. The summed E-state index contributed by atoms with van der Waals surface area (Å²) in [5.41, 5.74) is 1.40. The molecule has 0 unspecified atom stereocenters. The van der Waals surface area contributed by atoms with E-state index in [4.69, 9.17) is 0 Å². The Labute approximate surface area is 75.2 Å². The summed E-state index contributed by atoms with van der Waals surface area (Å²) in [7, 11) is 0. The second kappa shape index (κ2) is 2.93. The Morgan fingerprint density at radius 1 is 1.62 bits per heavy atom. The molecule has 0 bridgehead atoms. The molecule has 2 rings (SSSR count). The van der Waals surface area contributed by atoms with Crippen molar-refractivity contribution in [1.82, 2.24) is 4.90 Å². The maximum absolute atomic E-state index is 10.6. The Balaban J connectivity index is 2.39. The zero-order chi connectivity index (χ0) is 9.26. The van der Waals surface area contributed by atoms with Gasteiger partial charge in [-0.2, -0.15) is 0 Å². The molecule has 0 amide bonds. The molecule has 0 aromatic carbocycles. The molecule has 0 fully saturated rings. The first-order valence-corrected chi connectivity index (χ1v) is 3.87. The highest BCUT2D eigenvalue weighted by Gasteiger charge is 2.18. The fourth-order valence-electron chi connectivity index (χ4n) is 1.17. The zero-order valence-electron chi connectivity index (χ0n) is 7.14. The third-order valence-corrected chi connectivity index (χ3v) is 1.92. The third-order valence-electron chi connectivity index (χ3n) is 1.92. The maximum atomic E-state index is 10.6. The summed E-state index contributed by atoms with van der Waals surface area (Å²) in [5, 5.41) is 0. The number of fused-ring (bicyclic) bond motifs is 1. The molecule has 0 aromatic heterocycles. The summed E-state index contributed by atoms with van der Waals surface area (Å²) in [6.45, 7) is 2.31. The number of hydrogen-bond acceptors (Lipinski definition) is 5. The second-order valence-corrected chi connectivity index (χ2v) is 2.78. The first kappa shape index (κ1) is 7.85. The van der Waals surface area contributed by atoms with E-state index in [1.165, 1.54) is 6.34 Å². The van der Waals surface area contributed by atoms with Crippen LogP contribution in [0.25, 0.3) is 0 Å². The van der Waals surface area contributed by atoms with Crippen molar-refractivity contribution in [1.29, 1.82) is 0 Å². The number of carbonyl (C=O) groups is 1. The van der Waals surface area contributed by atoms with Crippen molar-refractivity contribution >= 4 is 24.9 Å². The van der Waals surface area contributed by atoms with E-state index in [9.17, 15) is 4.79 Å². The fraction of sp³-hybridized carbons (Fsp3) is 0.250. The second-order valence-electron chi connectivity index (χ2n) is 2.78. The summed E-state index contributed by atoms with van der Waals surface area (Å²) in [6, 6.07) is 0. The monoisotopic (exact) mass is 176 g/mol. The van der Waals surface area contributed by atoms with Gasteiger partial charge >= 0.3 is 0 Å². The van der Waals surface area contributed by atoms with Gasteiger partial charge in [0, 0.05) is 11.3 Å². The molecule has 0 aromatic rings. The van der Waals surface area contributed by atoms with Gasteiger partial charge in [-0.3, -0.25) is 9.69 Å². The summed E-state index contributed by atoms with van der Waals surface area (Å²) < 4.78 is 0. The lowest BCUT2D eigenvalue weighted by atomic mass is 10.2. The average Bonchev–Trinajstić information content (AvgIpc) is 2.17. The van der Waals surface area contributed by atoms with E-state index >= 15 is 0 Å². The van der Waals surface area contributed by atoms with Gasteiger partial charge in [0.15, 0.2) is 0 Å². The summed E-state index contributed by atoms with van der Waals surface area (Å²) >= 11 is 0. The van der Waals surface area contributed by atoms with Crippen LogP contribution in [0.2, 0.25) is 0 Å². The van der Waals surface area contributed by atoms with E-state index in [1.807, 2.05) is 0 Å². The molecular weight excluding hydrogens is 168 g/mol. The molecule has 0 spiro atoms. The first-order valence-electron chi connectivity index (χ1n) is 3.87. The zero-order valence-corrected chi connectivity index (χ0v) is 7.14. The highest BCUT2D eigenvalue weighted by Crippen LogP contribution is 2.14. The summed E-state index contributed by atoms with van der Waals surface area (Å²) in [6.07, 6.45) is 3.87. The Morgan fingerprint density at radius 2 is 2.46 bits per heavy atom. The van der Waals surface area contributed by atoms with Gasteiger partial charge in [-0.1, -0.05) is 0 Å². The first-order chi connectivity index (χ1) is 6.31. The van der Waals surface area contributed by atoms with Gasteiger partial charge in [-0.25, -0.2) is 15.0 Å². The number of nitrogens with zero attached hydrogens (tertiary/aromatic N) is 4. The van der Waals surface area contributed by atoms with Crippen LogP contribution in [-0.4, -0.2) is 36.4 Å². The van der Waals surface area contributed by atoms with Crippen LogP contribution < -0.4 is 0 Å². The van der Waals surface area contributed by atoms with Gasteiger partial charge in [-0.15, -0.1) is 0 Å². The Morgan fingerprint density at radius 3 is 3.23 bits per heavy atom. The molecular formula is C8H8N4O. The minimum Gasteiger partial charge on any atom is -0.298 e. The number of guanidine groups is 1. The third kappa shape index (κ3) is 1.28. The SMILES string of the molecule is CC1=C(C=O)CN2C=NC=NC2=N1. The van der Waals surface area contributed by atoms with Crippen molar-refractivity contribution in [2.75, 3.05) is 6.54 Å². The van der Waals surface area contributed by atoms with E-state index in [0.717, 1.165) is 12.0 Å². The summed E-state index contributed by atoms with van der Waals surface area (Å²) in [5.74, 6) is 0.595. The van der Waals surface area contributed by atoms with Gasteiger partial charge in [0.25, 0.3) is 0 Å². The Bertz CT molecular complexity index is 364. The van der Waals surface area contributed by atoms with Crippen molar-refractivity contribution in [3.63, 3.8) is 0 Å². The molecule has 2 aliphatic rings. The van der Waals surface area contributed by atoms with Gasteiger partial charge < -0.3 is 0 Å². The predicted octanol–water partition coefficient (Wildman–Crippen LogP) is 0.201. The minimum absolute atomic E-state index is 0.509. The van der Waals surface area contributed by atoms with E-state index in [2.05, 4.69) is 15.0 Å². The van der Waals surface area contributed by atoms with Gasteiger partial charge in [0.05, 0.1) is 12.9 Å². The number of carbonyl (C=O) groups excluding carboxylic acids is 1. The number of aldehydes is 1. The quantitative estimate of drug-likeness (QED) is 0.536. The highest BCUT2D eigenvalue weighted by molar-refractivity contribution is 6.02. The molecule has 5 heteroatoms. The van der Waals surface area contributed by atoms with Crippen LogP contribution in [0.1, 0.15) is 6.92 Å². The van der Waals surface area contributed by atoms with Crippen LogP contribution in [0.5, 0.6) is 0 Å². The molecule has 2 aliphatic heterocycles. The minimum atomic E-state index is 0.509. The van der Waals surface area contributed by atoms with Gasteiger partial charge in [-0.05, 0) is 6.92 Å². The predicted molar refractivity (Wildman–Crippen MR) is 49.9 cm³/mol. The van der Waals surface area contributed by atoms with Crippen LogP contribution in [0, 0.1) is 0 Å². The average molecular weight is 176 g/mol. The van der Waals surface area contributed by atoms with E-state index < -0.39 is 0 Å². The molecule has 5 nitrogen and oxygen atoms in total. The van der Waals surface area contributed by atoms with Crippen molar-refractivity contribution in [2.24, 2.45) is 15.0 Å². The van der Waals surface area contributed by atoms with Gasteiger partial charge in [0.2, 0.25) is 5.96 Å². The standard InChI is InChI=1S/C8H8N4O/c1-6-7(3-13)2-12-5-9-4-10-8(12)11-6/h3-5H,2H2,1H3. The molecule has 0 N–H and O–H groups in total. The number of hydrogen-bond donors (Lipinski definition) is 0. The number of rotatable bonds is 1. The van der Waals surface area contributed by atoms with Crippen molar-refractivity contribution in [3.8, 4) is 0 Å². The maximum Gasteiger partial charge on any atom is 0.232 e. The lowest BCUT2D eigenvalue weighted by molar-refractivity contribution is -0.105. The van der Waals surface area contributed by atoms with E-state index in [0.29, 0.717) is 18.1 Å². The molecule has 0 saturated heterocycles. The summed E-state index contributed by atoms with van der Waals surface area (Å²) in [4.78, 5) is 24.3. The molecule has 0 atom stereocenters. The number of allylic oxidation sites excluding steroid dienone is 1. The molecule has 66 valence electrons. The van der Waals surface area contributed by atoms with Crippen LogP contribution in [0.15, 0.2) is 26.2 Å². The Kier molecular flexibility index (Phi) is 1.77. The largest absolute Gasteiger partial charge is 0.298 e. The van der Waals surface area contributed by atoms with Crippen LogP contribution >= 0.6 is 0 Å². The van der Waals surface area contributed by atoms with Gasteiger partial charge in [0.1, 0.15) is 12.6 Å². The van der Waals surface area contributed by atoms with Crippen LogP contribution in [-0.2, 0) is 4.79 Å². The fourth-order valence-corrected chi connectivity index (χ4v) is 1.17. The van der Waals surface area contributed by atoms with Crippen LogP contribution in [0.4, 0.5) is 0 Å². The van der Waals surface area contributed by atoms with Crippen LogP contribution in [0.3, 0.4) is 0 Å². The van der Waals surface area contributed by atoms with Crippen molar-refractivity contribution in [2.45, 2.75) is 6.92 Å². The van der Waals surface area contributed by atoms with Crippen molar-refractivity contribution < 1.29 is 4.79 Å². The molecule has 13 heavy (non-hydrogen) atoms.